The first kappa shape index (κ1) is 21.1. The number of nitrogens with zero attached hydrogens (tertiary/aromatic N) is 1. The van der Waals surface area contributed by atoms with Crippen molar-refractivity contribution in [1.82, 2.24) is 5.32 Å². The van der Waals surface area contributed by atoms with E-state index in [1.165, 1.54) is 7.11 Å². The van der Waals surface area contributed by atoms with Crippen molar-refractivity contribution < 1.29 is 23.8 Å². The highest BCUT2D eigenvalue weighted by Crippen LogP contribution is 2.30. The molecule has 1 N–H and O–H groups in total. The van der Waals surface area contributed by atoms with Crippen LogP contribution in [0.2, 0.25) is 0 Å². The number of carbonyl (C=O) groups is 2. The van der Waals surface area contributed by atoms with Crippen LogP contribution < -0.4 is 14.8 Å². The second-order valence-corrected chi connectivity index (χ2v) is 6.79. The summed E-state index contributed by atoms with van der Waals surface area (Å²) in [7, 11) is 1.51. The molecule has 156 valence electrons. The Morgan fingerprint density at radius 1 is 1.13 bits per heavy atom. The monoisotopic (exact) mass is 408 g/mol. The molecule has 0 fully saturated rings. The van der Waals surface area contributed by atoms with E-state index in [9.17, 15) is 9.59 Å². The molecule has 1 heterocycles. The van der Waals surface area contributed by atoms with E-state index in [0.29, 0.717) is 23.6 Å². The second-order valence-electron chi connectivity index (χ2n) is 6.79. The number of methoxy groups -OCH3 is 1. The Kier molecular flexibility index (Phi) is 6.51. The van der Waals surface area contributed by atoms with Crippen LogP contribution in [0, 0.1) is 13.8 Å². The quantitative estimate of drug-likeness (QED) is 0.562. The maximum Gasteiger partial charge on any atom is 0.363 e. The molecule has 0 aromatic heterocycles. The van der Waals surface area contributed by atoms with Gasteiger partial charge < -0.3 is 19.5 Å². The summed E-state index contributed by atoms with van der Waals surface area (Å²) in [6.07, 6.45) is 1.62. The van der Waals surface area contributed by atoms with Crippen molar-refractivity contribution in [1.29, 1.82) is 0 Å². The Morgan fingerprint density at radius 3 is 2.63 bits per heavy atom. The SMILES string of the molecule is CCNC(=O)COc1ccc(/C=C2\N=C(c3ccc(C)c(C)c3)OC2=O)cc1OC. The third kappa shape index (κ3) is 4.86. The fourth-order valence-corrected chi connectivity index (χ4v) is 2.85. The predicted molar refractivity (Wildman–Crippen MR) is 114 cm³/mol. The molecule has 2 aromatic carbocycles. The summed E-state index contributed by atoms with van der Waals surface area (Å²) in [5.41, 5.74) is 3.88. The minimum Gasteiger partial charge on any atom is -0.493 e. The number of benzene rings is 2. The molecule has 0 saturated carbocycles. The smallest absolute Gasteiger partial charge is 0.363 e. The highest BCUT2D eigenvalue weighted by molar-refractivity contribution is 6.12. The van der Waals surface area contributed by atoms with Gasteiger partial charge in [0.25, 0.3) is 5.91 Å². The number of likely N-dealkylation sites (N-methyl/N-ethyl adjacent to an activating group) is 1. The average molecular weight is 408 g/mol. The topological polar surface area (TPSA) is 86.2 Å². The zero-order chi connectivity index (χ0) is 21.7. The zero-order valence-electron chi connectivity index (χ0n) is 17.4. The number of ether oxygens (including phenoxy) is 3. The van der Waals surface area contributed by atoms with Crippen molar-refractivity contribution in [3.8, 4) is 11.5 Å². The fraction of sp³-hybridized carbons (Fsp3) is 0.261. The van der Waals surface area contributed by atoms with Crippen molar-refractivity contribution in [2.24, 2.45) is 4.99 Å². The number of esters is 1. The van der Waals surface area contributed by atoms with Gasteiger partial charge in [0, 0.05) is 12.1 Å². The van der Waals surface area contributed by atoms with Gasteiger partial charge in [-0.25, -0.2) is 9.79 Å². The van der Waals surface area contributed by atoms with Crippen LogP contribution >= 0.6 is 0 Å². The lowest BCUT2D eigenvalue weighted by Gasteiger charge is -2.11. The molecule has 0 radical (unpaired) electrons. The maximum absolute atomic E-state index is 12.3. The van der Waals surface area contributed by atoms with Crippen molar-refractivity contribution in [2.75, 3.05) is 20.3 Å². The third-order valence-corrected chi connectivity index (χ3v) is 4.60. The van der Waals surface area contributed by atoms with E-state index in [4.69, 9.17) is 14.2 Å². The van der Waals surface area contributed by atoms with E-state index in [0.717, 1.165) is 16.7 Å². The number of carbonyl (C=O) groups excluding carboxylic acids is 2. The van der Waals surface area contributed by atoms with Gasteiger partial charge in [0.05, 0.1) is 7.11 Å². The average Bonchev–Trinajstić information content (AvgIpc) is 3.09. The minimum absolute atomic E-state index is 0.111. The summed E-state index contributed by atoms with van der Waals surface area (Å²) < 4.78 is 16.2. The molecule has 7 heteroatoms. The van der Waals surface area contributed by atoms with Crippen LogP contribution in [0.1, 0.15) is 29.2 Å². The minimum atomic E-state index is -0.515. The molecule has 7 nitrogen and oxygen atoms in total. The number of aliphatic imine (C=N–C) groups is 1. The molecule has 0 unspecified atom stereocenters. The van der Waals surface area contributed by atoms with Crippen molar-refractivity contribution in [2.45, 2.75) is 20.8 Å². The molecule has 1 amide bonds. The van der Waals surface area contributed by atoms with E-state index >= 15 is 0 Å². The zero-order valence-corrected chi connectivity index (χ0v) is 17.4. The van der Waals surface area contributed by atoms with Crippen molar-refractivity contribution in [3.05, 3.63) is 64.3 Å². The van der Waals surface area contributed by atoms with Crippen molar-refractivity contribution >= 4 is 23.9 Å². The van der Waals surface area contributed by atoms with Gasteiger partial charge in [-0.15, -0.1) is 0 Å². The van der Waals surface area contributed by atoms with Crippen molar-refractivity contribution in [3.63, 3.8) is 0 Å². The van der Waals surface area contributed by atoms with E-state index in [1.807, 2.05) is 39.0 Å². The molecule has 0 saturated heterocycles. The first-order valence-electron chi connectivity index (χ1n) is 9.59. The summed E-state index contributed by atoms with van der Waals surface area (Å²) in [5.74, 6) is 0.423. The van der Waals surface area contributed by atoms with Crippen LogP contribution in [-0.2, 0) is 14.3 Å². The van der Waals surface area contributed by atoms with E-state index < -0.39 is 5.97 Å². The molecule has 2 aromatic rings. The molecule has 1 aliphatic heterocycles. The molecule has 0 spiro atoms. The highest BCUT2D eigenvalue weighted by atomic mass is 16.6. The van der Waals surface area contributed by atoms with Crippen LogP contribution in [0.15, 0.2) is 47.1 Å². The van der Waals surface area contributed by atoms with Gasteiger partial charge in [-0.2, -0.15) is 0 Å². The summed E-state index contributed by atoms with van der Waals surface area (Å²) in [6.45, 7) is 6.27. The third-order valence-electron chi connectivity index (χ3n) is 4.60. The number of amides is 1. The maximum atomic E-state index is 12.3. The Balaban J connectivity index is 1.81. The lowest BCUT2D eigenvalue weighted by atomic mass is 10.1. The van der Waals surface area contributed by atoms with Crippen LogP contribution in [0.25, 0.3) is 6.08 Å². The summed E-state index contributed by atoms with van der Waals surface area (Å²) >= 11 is 0. The van der Waals surface area contributed by atoms with Crippen LogP contribution in [0.4, 0.5) is 0 Å². The van der Waals surface area contributed by atoms with Gasteiger partial charge in [-0.05, 0) is 67.8 Å². The lowest BCUT2D eigenvalue weighted by molar-refractivity contribution is -0.130. The molecule has 3 rings (SSSR count). The number of hydrogen-bond donors (Lipinski definition) is 1. The Bertz CT molecular complexity index is 1040. The van der Waals surface area contributed by atoms with E-state index in [-0.39, 0.29) is 24.1 Å². The van der Waals surface area contributed by atoms with Crippen LogP contribution in [-0.4, -0.2) is 38.0 Å². The number of rotatable bonds is 7. The number of aryl methyl sites for hydroxylation is 2. The summed E-state index contributed by atoms with van der Waals surface area (Å²) in [6, 6.07) is 10.9. The molecule has 1 aliphatic rings. The lowest BCUT2D eigenvalue weighted by Crippen LogP contribution is -2.28. The number of hydrogen-bond acceptors (Lipinski definition) is 6. The molecule has 0 bridgehead atoms. The fourth-order valence-electron chi connectivity index (χ4n) is 2.85. The van der Waals surface area contributed by atoms with E-state index in [1.54, 1.807) is 24.3 Å². The molecule has 0 aliphatic carbocycles. The Hall–Kier alpha value is -3.61. The normalized spacial score (nSPS) is 14.3. The molecular formula is C23H24N2O5. The van der Waals surface area contributed by atoms with Gasteiger partial charge in [-0.3, -0.25) is 4.79 Å². The van der Waals surface area contributed by atoms with Crippen LogP contribution in [0.5, 0.6) is 11.5 Å². The predicted octanol–water partition coefficient (Wildman–Crippen LogP) is 3.17. The van der Waals surface area contributed by atoms with Crippen LogP contribution in [0.3, 0.4) is 0 Å². The summed E-state index contributed by atoms with van der Waals surface area (Å²) in [5, 5.41) is 2.66. The molecule has 30 heavy (non-hydrogen) atoms. The van der Waals surface area contributed by atoms with Gasteiger partial charge in [-0.1, -0.05) is 12.1 Å². The van der Waals surface area contributed by atoms with Gasteiger partial charge in [0.1, 0.15) is 0 Å². The van der Waals surface area contributed by atoms with Gasteiger partial charge >= 0.3 is 5.97 Å². The van der Waals surface area contributed by atoms with Gasteiger partial charge in [0.2, 0.25) is 5.90 Å². The first-order valence-corrected chi connectivity index (χ1v) is 9.59. The highest BCUT2D eigenvalue weighted by Gasteiger charge is 2.24. The molecule has 0 atom stereocenters. The Morgan fingerprint density at radius 2 is 1.93 bits per heavy atom. The largest absolute Gasteiger partial charge is 0.493 e. The molecular weight excluding hydrogens is 384 g/mol. The summed E-state index contributed by atoms with van der Waals surface area (Å²) in [4.78, 5) is 28.2. The first-order chi connectivity index (χ1) is 14.4. The second kappa shape index (κ2) is 9.26. The standard InChI is InChI=1S/C23H24N2O5/c1-5-24-21(26)13-29-19-9-7-16(12-20(19)28-4)11-18-23(27)30-22(25-18)17-8-6-14(2)15(3)10-17/h6-12H,5,13H2,1-4H3,(H,24,26)/b18-11-. The number of nitrogens with one attached hydrogen (secondary N) is 1. The van der Waals surface area contributed by atoms with Gasteiger partial charge in [0.15, 0.2) is 23.8 Å². The Labute approximate surface area is 175 Å². The number of cyclic esters (lactones) is 1. The van der Waals surface area contributed by atoms with E-state index in [2.05, 4.69) is 10.3 Å².